The quantitative estimate of drug-likeness (QED) is 0.640. The molecule has 3 N–H and O–H groups in total. The maximum atomic E-state index is 5.71. The zero-order valence-electron chi connectivity index (χ0n) is 11.4. The molecule has 0 saturated heterocycles. The molecule has 0 spiro atoms. The zero-order chi connectivity index (χ0) is 13.9. The van der Waals surface area contributed by atoms with Gasteiger partial charge in [-0.15, -0.1) is 5.10 Å². The molecular weight excluding hydrogens is 252 g/mol. The molecule has 20 heavy (non-hydrogen) atoms. The summed E-state index contributed by atoms with van der Waals surface area (Å²) >= 11 is 0. The van der Waals surface area contributed by atoms with Gasteiger partial charge in [-0.25, -0.2) is 0 Å². The van der Waals surface area contributed by atoms with Crippen LogP contribution in [-0.2, 0) is 0 Å². The van der Waals surface area contributed by atoms with Crippen molar-refractivity contribution in [1.82, 2.24) is 15.6 Å². The third-order valence-corrected chi connectivity index (χ3v) is 3.86. The van der Waals surface area contributed by atoms with E-state index in [9.17, 15) is 0 Å². The summed E-state index contributed by atoms with van der Waals surface area (Å²) in [5.74, 6) is 7.23. The van der Waals surface area contributed by atoms with Crippen molar-refractivity contribution in [2.45, 2.75) is 18.4 Å². The predicted molar refractivity (Wildman–Crippen MR) is 75.9 cm³/mol. The number of benzene rings is 1. The van der Waals surface area contributed by atoms with Gasteiger partial charge in [-0.2, -0.15) is 5.10 Å². The van der Waals surface area contributed by atoms with Crippen LogP contribution in [0, 0.1) is 5.92 Å². The number of nitrogens with zero attached hydrogens (tertiary/aromatic N) is 2. The molecule has 104 valence electrons. The predicted octanol–water partition coefficient (Wildman–Crippen LogP) is 1.79. The van der Waals surface area contributed by atoms with E-state index in [1.54, 1.807) is 7.11 Å². The number of nitrogens with one attached hydrogen (secondary N) is 1. The topological polar surface area (TPSA) is 73.1 Å². The molecule has 1 aromatic heterocycles. The number of hydrogen-bond acceptors (Lipinski definition) is 5. The Balaban J connectivity index is 1.75. The van der Waals surface area contributed by atoms with Crippen molar-refractivity contribution in [2.24, 2.45) is 11.8 Å². The van der Waals surface area contributed by atoms with Crippen LogP contribution < -0.4 is 16.0 Å². The molecule has 0 bridgehead atoms. The number of aromatic nitrogens is 2. The van der Waals surface area contributed by atoms with Crippen LogP contribution in [0.5, 0.6) is 5.88 Å². The van der Waals surface area contributed by atoms with Gasteiger partial charge in [0.15, 0.2) is 0 Å². The Labute approximate surface area is 118 Å². The number of rotatable bonds is 5. The van der Waals surface area contributed by atoms with E-state index >= 15 is 0 Å². The largest absolute Gasteiger partial charge is 0.480 e. The van der Waals surface area contributed by atoms with Crippen LogP contribution in [0.2, 0.25) is 0 Å². The SMILES string of the molecule is COc1ccc(C(NN)C2CC2c2ccccc2)nn1. The molecule has 2 aromatic rings. The molecule has 0 amide bonds. The van der Waals surface area contributed by atoms with E-state index in [-0.39, 0.29) is 6.04 Å². The van der Waals surface area contributed by atoms with E-state index in [4.69, 9.17) is 10.6 Å². The van der Waals surface area contributed by atoms with Crippen LogP contribution in [0.1, 0.15) is 29.6 Å². The maximum absolute atomic E-state index is 5.71. The normalized spacial score (nSPS) is 22.3. The molecule has 1 aromatic carbocycles. The summed E-state index contributed by atoms with van der Waals surface area (Å²) in [5, 5.41) is 8.20. The van der Waals surface area contributed by atoms with Crippen LogP contribution in [0.3, 0.4) is 0 Å². The summed E-state index contributed by atoms with van der Waals surface area (Å²) in [4.78, 5) is 0. The van der Waals surface area contributed by atoms with E-state index < -0.39 is 0 Å². The lowest BCUT2D eigenvalue weighted by Crippen LogP contribution is -2.30. The van der Waals surface area contributed by atoms with Crippen molar-refractivity contribution < 1.29 is 4.74 Å². The summed E-state index contributed by atoms with van der Waals surface area (Å²) in [7, 11) is 1.58. The van der Waals surface area contributed by atoms with Crippen LogP contribution in [0.25, 0.3) is 0 Å². The summed E-state index contributed by atoms with van der Waals surface area (Å²) in [6, 6.07) is 14.3. The Hall–Kier alpha value is -1.98. The summed E-state index contributed by atoms with van der Waals surface area (Å²) in [6.45, 7) is 0. The molecule has 5 nitrogen and oxygen atoms in total. The lowest BCUT2D eigenvalue weighted by Gasteiger charge is -2.15. The van der Waals surface area contributed by atoms with Crippen molar-refractivity contribution in [3.8, 4) is 5.88 Å². The second kappa shape index (κ2) is 5.56. The van der Waals surface area contributed by atoms with E-state index in [1.165, 1.54) is 5.56 Å². The molecule has 3 unspecified atom stereocenters. The van der Waals surface area contributed by atoms with Crippen molar-refractivity contribution in [1.29, 1.82) is 0 Å². The molecule has 1 aliphatic rings. The monoisotopic (exact) mass is 270 g/mol. The summed E-state index contributed by atoms with van der Waals surface area (Å²) < 4.78 is 5.02. The highest BCUT2D eigenvalue weighted by Crippen LogP contribution is 2.53. The van der Waals surface area contributed by atoms with Crippen molar-refractivity contribution in [3.63, 3.8) is 0 Å². The van der Waals surface area contributed by atoms with Gasteiger partial charge < -0.3 is 4.74 Å². The van der Waals surface area contributed by atoms with Crippen LogP contribution in [0.15, 0.2) is 42.5 Å². The van der Waals surface area contributed by atoms with Crippen molar-refractivity contribution >= 4 is 0 Å². The number of methoxy groups -OCH3 is 1. The van der Waals surface area contributed by atoms with Gasteiger partial charge in [0, 0.05) is 6.07 Å². The second-order valence-corrected chi connectivity index (χ2v) is 5.06. The van der Waals surface area contributed by atoms with Gasteiger partial charge in [-0.3, -0.25) is 11.3 Å². The molecule has 3 rings (SSSR count). The number of hydrazine groups is 1. The highest BCUT2D eigenvalue weighted by molar-refractivity contribution is 5.28. The highest BCUT2D eigenvalue weighted by atomic mass is 16.5. The molecule has 3 atom stereocenters. The van der Waals surface area contributed by atoms with E-state index in [1.807, 2.05) is 18.2 Å². The first kappa shape index (κ1) is 13.0. The number of ether oxygens (including phenoxy) is 1. The minimum absolute atomic E-state index is 0.0265. The van der Waals surface area contributed by atoms with Gasteiger partial charge in [-0.1, -0.05) is 30.3 Å². The fraction of sp³-hybridized carbons (Fsp3) is 0.333. The molecular formula is C15H18N4O. The third-order valence-electron chi connectivity index (χ3n) is 3.86. The fourth-order valence-corrected chi connectivity index (χ4v) is 2.70. The minimum atomic E-state index is 0.0265. The Kier molecular flexibility index (Phi) is 3.62. The first-order chi connectivity index (χ1) is 9.83. The maximum Gasteiger partial charge on any atom is 0.233 e. The van der Waals surface area contributed by atoms with E-state index in [2.05, 4.69) is 39.9 Å². The average Bonchev–Trinajstić information content (AvgIpc) is 3.30. The minimum Gasteiger partial charge on any atom is -0.480 e. The van der Waals surface area contributed by atoms with Gasteiger partial charge in [0.1, 0.15) is 0 Å². The van der Waals surface area contributed by atoms with Gasteiger partial charge in [0.25, 0.3) is 0 Å². The molecule has 5 heteroatoms. The second-order valence-electron chi connectivity index (χ2n) is 5.06. The van der Waals surface area contributed by atoms with Crippen molar-refractivity contribution in [2.75, 3.05) is 7.11 Å². The fourth-order valence-electron chi connectivity index (χ4n) is 2.70. The summed E-state index contributed by atoms with van der Waals surface area (Å²) in [6.07, 6.45) is 1.12. The van der Waals surface area contributed by atoms with Crippen molar-refractivity contribution in [3.05, 3.63) is 53.7 Å². The van der Waals surface area contributed by atoms with Crippen LogP contribution in [0.4, 0.5) is 0 Å². The zero-order valence-corrected chi connectivity index (χ0v) is 11.4. The van der Waals surface area contributed by atoms with E-state index in [0.717, 1.165) is 12.1 Å². The standard InChI is InChI=1S/C15H18N4O/c1-20-14-8-7-13(18-19-14)15(17-16)12-9-11(12)10-5-3-2-4-6-10/h2-8,11-12,15,17H,9,16H2,1H3. The smallest absolute Gasteiger partial charge is 0.233 e. The molecule has 1 fully saturated rings. The van der Waals surface area contributed by atoms with E-state index in [0.29, 0.717) is 17.7 Å². The van der Waals surface area contributed by atoms with Gasteiger partial charge in [-0.05, 0) is 29.9 Å². The average molecular weight is 270 g/mol. The Morgan fingerprint density at radius 1 is 1.20 bits per heavy atom. The first-order valence-corrected chi connectivity index (χ1v) is 6.72. The first-order valence-electron chi connectivity index (χ1n) is 6.72. The van der Waals surface area contributed by atoms with Gasteiger partial charge in [0.2, 0.25) is 5.88 Å². The Bertz CT molecular complexity index is 558. The highest BCUT2D eigenvalue weighted by Gasteiger charge is 2.44. The van der Waals surface area contributed by atoms with Crippen LogP contribution in [-0.4, -0.2) is 17.3 Å². The molecule has 1 heterocycles. The number of hydrogen-bond donors (Lipinski definition) is 2. The van der Waals surface area contributed by atoms with Crippen LogP contribution >= 0.6 is 0 Å². The Morgan fingerprint density at radius 2 is 2.00 bits per heavy atom. The molecule has 0 radical (unpaired) electrons. The lowest BCUT2D eigenvalue weighted by atomic mass is 10.0. The Morgan fingerprint density at radius 3 is 2.60 bits per heavy atom. The molecule has 1 saturated carbocycles. The number of nitrogens with two attached hydrogens (primary N) is 1. The van der Waals surface area contributed by atoms with Gasteiger partial charge >= 0.3 is 0 Å². The lowest BCUT2D eigenvalue weighted by molar-refractivity contribution is 0.387. The third kappa shape index (κ3) is 2.50. The molecule has 0 aliphatic heterocycles. The molecule has 1 aliphatic carbocycles. The summed E-state index contributed by atoms with van der Waals surface area (Å²) in [5.41, 5.74) is 5.09. The van der Waals surface area contributed by atoms with Gasteiger partial charge in [0.05, 0.1) is 18.8 Å².